The summed E-state index contributed by atoms with van der Waals surface area (Å²) in [5.41, 5.74) is 4.10. The first-order valence-electron chi connectivity index (χ1n) is 11.1. The predicted molar refractivity (Wildman–Crippen MR) is 124 cm³/mol. The predicted octanol–water partition coefficient (Wildman–Crippen LogP) is 4.39. The van der Waals surface area contributed by atoms with Gasteiger partial charge >= 0.3 is 0 Å². The van der Waals surface area contributed by atoms with Crippen LogP contribution in [0.5, 0.6) is 5.75 Å². The van der Waals surface area contributed by atoms with Gasteiger partial charge in [0.15, 0.2) is 0 Å². The summed E-state index contributed by atoms with van der Waals surface area (Å²) in [5.74, 6) is 0.212. The third-order valence-corrected chi connectivity index (χ3v) is 6.23. The van der Waals surface area contributed by atoms with E-state index in [2.05, 4.69) is 34.6 Å². The van der Waals surface area contributed by atoms with Gasteiger partial charge in [-0.25, -0.2) is 4.39 Å². The second kappa shape index (κ2) is 8.63. The Morgan fingerprint density at radius 1 is 0.969 bits per heavy atom. The molecule has 0 radical (unpaired) electrons. The maximum Gasteiger partial charge on any atom is 0.258 e. The summed E-state index contributed by atoms with van der Waals surface area (Å²) < 4.78 is 22.8. The van der Waals surface area contributed by atoms with Crippen molar-refractivity contribution in [3.05, 3.63) is 94.3 Å². The minimum absolute atomic E-state index is 0.152. The Hall–Kier alpha value is -3.38. The monoisotopic (exact) mass is 431 g/mol. The standard InChI is InChI=1S/C26H26FN3O2/c1-2-28-11-9-23-16-20-15-22(7-8-25(20)29(23)14-13-28)30-12-10-24(17-26(30)31)32-18-19-3-5-21(27)6-4-19/h3-8,10,12,15-17H,2,9,11,13-14,18H2,1H3. The number of hydrogen-bond donors (Lipinski definition) is 0. The van der Waals surface area contributed by atoms with E-state index in [4.69, 9.17) is 4.74 Å². The number of fused-ring (bicyclic) bond motifs is 3. The average molecular weight is 432 g/mol. The van der Waals surface area contributed by atoms with E-state index in [9.17, 15) is 9.18 Å². The van der Waals surface area contributed by atoms with Crippen LogP contribution >= 0.6 is 0 Å². The highest BCUT2D eigenvalue weighted by Crippen LogP contribution is 2.25. The van der Waals surface area contributed by atoms with Gasteiger partial charge in [-0.3, -0.25) is 9.36 Å². The van der Waals surface area contributed by atoms with E-state index >= 15 is 0 Å². The van der Waals surface area contributed by atoms with Gasteiger partial charge in [-0.1, -0.05) is 19.1 Å². The van der Waals surface area contributed by atoms with Gasteiger partial charge < -0.3 is 14.2 Å². The van der Waals surface area contributed by atoms with Gasteiger partial charge in [0, 0.05) is 60.6 Å². The zero-order chi connectivity index (χ0) is 22.1. The Labute approximate surface area is 186 Å². The minimum atomic E-state index is -0.282. The summed E-state index contributed by atoms with van der Waals surface area (Å²) in [6.07, 6.45) is 2.78. The molecule has 0 aliphatic carbocycles. The lowest BCUT2D eigenvalue weighted by Gasteiger charge is -2.16. The van der Waals surface area contributed by atoms with Gasteiger partial charge in [0.05, 0.1) is 0 Å². The molecular formula is C26H26FN3O2. The molecule has 5 rings (SSSR count). The van der Waals surface area contributed by atoms with E-state index in [1.807, 2.05) is 6.07 Å². The van der Waals surface area contributed by atoms with Crippen LogP contribution in [-0.4, -0.2) is 33.7 Å². The van der Waals surface area contributed by atoms with E-state index in [0.717, 1.165) is 49.2 Å². The molecule has 1 aliphatic rings. The highest BCUT2D eigenvalue weighted by atomic mass is 19.1. The molecule has 4 aromatic rings. The van der Waals surface area contributed by atoms with E-state index in [-0.39, 0.29) is 18.0 Å². The van der Waals surface area contributed by atoms with Crippen LogP contribution in [0.4, 0.5) is 4.39 Å². The molecule has 164 valence electrons. The summed E-state index contributed by atoms with van der Waals surface area (Å²) in [5, 5.41) is 1.16. The van der Waals surface area contributed by atoms with Gasteiger partial charge in [0.2, 0.25) is 0 Å². The first-order valence-corrected chi connectivity index (χ1v) is 11.1. The first kappa shape index (κ1) is 20.5. The highest BCUT2D eigenvalue weighted by molar-refractivity contribution is 5.83. The van der Waals surface area contributed by atoms with Crippen molar-refractivity contribution in [1.82, 2.24) is 14.0 Å². The van der Waals surface area contributed by atoms with Gasteiger partial charge in [0.1, 0.15) is 18.2 Å². The third kappa shape index (κ3) is 4.06. The van der Waals surface area contributed by atoms with Gasteiger partial charge in [-0.2, -0.15) is 0 Å². The summed E-state index contributed by atoms with van der Waals surface area (Å²) in [4.78, 5) is 15.2. The second-order valence-electron chi connectivity index (χ2n) is 8.20. The lowest BCUT2D eigenvalue weighted by atomic mass is 10.2. The lowest BCUT2D eigenvalue weighted by molar-refractivity contribution is 0.296. The lowest BCUT2D eigenvalue weighted by Crippen LogP contribution is -2.26. The Morgan fingerprint density at radius 2 is 1.81 bits per heavy atom. The maximum absolute atomic E-state index is 13.0. The highest BCUT2D eigenvalue weighted by Gasteiger charge is 2.16. The van der Waals surface area contributed by atoms with Crippen molar-refractivity contribution in [3.8, 4) is 11.4 Å². The molecule has 0 unspecified atom stereocenters. The second-order valence-corrected chi connectivity index (χ2v) is 8.20. The fourth-order valence-electron chi connectivity index (χ4n) is 4.39. The number of hydrogen-bond acceptors (Lipinski definition) is 3. The SMILES string of the molecule is CCN1CCc2cc3cc(-n4ccc(OCc5ccc(F)cc5)cc4=O)ccc3n2CC1. The van der Waals surface area contributed by atoms with Crippen LogP contribution < -0.4 is 10.3 Å². The van der Waals surface area contributed by atoms with Crippen molar-refractivity contribution in [1.29, 1.82) is 0 Å². The number of ether oxygens (including phenoxy) is 1. The molecule has 5 nitrogen and oxygen atoms in total. The molecule has 0 amide bonds. The molecule has 2 aromatic carbocycles. The number of halogens is 1. The topological polar surface area (TPSA) is 39.4 Å². The number of benzene rings is 2. The Kier molecular flexibility index (Phi) is 5.53. The van der Waals surface area contributed by atoms with Crippen molar-refractivity contribution in [2.75, 3.05) is 19.6 Å². The molecule has 0 saturated carbocycles. The van der Waals surface area contributed by atoms with Crippen LogP contribution in [0.25, 0.3) is 16.6 Å². The van der Waals surface area contributed by atoms with Crippen LogP contribution in [-0.2, 0) is 19.6 Å². The normalized spacial score (nSPS) is 14.3. The molecule has 2 aromatic heterocycles. The summed E-state index contributed by atoms with van der Waals surface area (Å²) in [7, 11) is 0. The number of rotatable bonds is 5. The molecule has 0 spiro atoms. The van der Waals surface area contributed by atoms with Crippen LogP contribution in [0.2, 0.25) is 0 Å². The van der Waals surface area contributed by atoms with Gasteiger partial charge in [-0.05, 0) is 54.6 Å². The van der Waals surface area contributed by atoms with Crippen molar-refractivity contribution in [2.24, 2.45) is 0 Å². The van der Waals surface area contributed by atoms with Crippen LogP contribution in [0.15, 0.2) is 71.7 Å². The Balaban J connectivity index is 1.37. The van der Waals surface area contributed by atoms with Crippen LogP contribution in [0.1, 0.15) is 18.2 Å². The quantitative estimate of drug-likeness (QED) is 0.471. The van der Waals surface area contributed by atoms with Crippen molar-refractivity contribution in [2.45, 2.75) is 26.5 Å². The molecule has 3 heterocycles. The van der Waals surface area contributed by atoms with E-state index in [1.165, 1.54) is 29.4 Å². The molecule has 6 heteroatoms. The maximum atomic E-state index is 13.0. The average Bonchev–Trinajstić information content (AvgIpc) is 3.02. The van der Waals surface area contributed by atoms with Crippen molar-refractivity contribution >= 4 is 10.9 Å². The Morgan fingerprint density at radius 3 is 2.59 bits per heavy atom. The number of aromatic nitrogens is 2. The van der Waals surface area contributed by atoms with E-state index in [0.29, 0.717) is 5.75 Å². The largest absolute Gasteiger partial charge is 0.489 e. The number of nitrogens with zero attached hydrogens (tertiary/aromatic N) is 3. The van der Waals surface area contributed by atoms with Crippen LogP contribution in [0, 0.1) is 5.82 Å². The summed E-state index contributed by atoms with van der Waals surface area (Å²) in [6.45, 7) is 6.71. The number of pyridine rings is 1. The van der Waals surface area contributed by atoms with E-state index in [1.54, 1.807) is 29.0 Å². The fraction of sp³-hybridized carbons (Fsp3) is 0.269. The van der Waals surface area contributed by atoms with Gasteiger partial charge in [0.25, 0.3) is 5.56 Å². The van der Waals surface area contributed by atoms with Crippen LogP contribution in [0.3, 0.4) is 0 Å². The third-order valence-electron chi connectivity index (χ3n) is 6.23. The molecule has 1 aliphatic heterocycles. The zero-order valence-electron chi connectivity index (χ0n) is 18.1. The summed E-state index contributed by atoms with van der Waals surface area (Å²) in [6, 6.07) is 17.8. The summed E-state index contributed by atoms with van der Waals surface area (Å²) >= 11 is 0. The molecule has 0 N–H and O–H groups in total. The molecule has 32 heavy (non-hydrogen) atoms. The van der Waals surface area contributed by atoms with Crippen molar-refractivity contribution in [3.63, 3.8) is 0 Å². The smallest absolute Gasteiger partial charge is 0.258 e. The molecular weight excluding hydrogens is 405 g/mol. The molecule has 0 saturated heterocycles. The zero-order valence-corrected chi connectivity index (χ0v) is 18.1. The fourth-order valence-corrected chi connectivity index (χ4v) is 4.39. The minimum Gasteiger partial charge on any atom is -0.489 e. The van der Waals surface area contributed by atoms with E-state index < -0.39 is 0 Å². The van der Waals surface area contributed by atoms with Gasteiger partial charge in [-0.15, -0.1) is 0 Å². The first-order chi connectivity index (χ1) is 15.6. The molecule has 0 fully saturated rings. The molecule has 0 atom stereocenters. The Bertz CT molecular complexity index is 1310. The number of likely N-dealkylation sites (N-methyl/N-ethyl adjacent to an activating group) is 1. The van der Waals surface area contributed by atoms with Crippen molar-refractivity contribution < 1.29 is 9.13 Å². The molecule has 0 bridgehead atoms.